The zero-order chi connectivity index (χ0) is 13.7. The number of nitrogens with zero attached hydrogens (tertiary/aromatic N) is 2. The Labute approximate surface area is 105 Å². The first-order chi connectivity index (χ1) is 7.72. The van der Waals surface area contributed by atoms with Crippen molar-refractivity contribution in [3.63, 3.8) is 0 Å². The van der Waals surface area contributed by atoms with Gasteiger partial charge >= 0.3 is 7.48 Å². The zero-order valence-corrected chi connectivity index (χ0v) is 12.0. The van der Waals surface area contributed by atoms with Crippen LogP contribution in [0.5, 0.6) is 0 Å². The van der Waals surface area contributed by atoms with Gasteiger partial charge in [0.2, 0.25) is 0 Å². The molecule has 0 fully saturated rings. The number of aromatic nitrogens is 2. The molecule has 4 nitrogen and oxygen atoms in total. The SMILES string of the molecule is CC.Cn1cc([B]OC(C)(C)C(C)(C)O)cn1. The fourth-order valence-electron chi connectivity index (χ4n) is 0.861. The molecule has 0 bridgehead atoms. The molecule has 0 amide bonds. The minimum Gasteiger partial charge on any atom is -0.427 e. The third-order valence-electron chi connectivity index (χ3n) is 2.69. The van der Waals surface area contributed by atoms with Crippen molar-refractivity contribution in [2.45, 2.75) is 52.7 Å². The molecule has 1 radical (unpaired) electrons. The van der Waals surface area contributed by atoms with Gasteiger partial charge in [0, 0.05) is 19.4 Å². The predicted molar refractivity (Wildman–Crippen MR) is 71.4 cm³/mol. The maximum absolute atomic E-state index is 9.86. The molecule has 1 aromatic rings. The van der Waals surface area contributed by atoms with Crippen LogP contribution in [-0.4, -0.2) is 33.6 Å². The molecule has 1 heterocycles. The molecule has 0 aliphatic rings. The van der Waals surface area contributed by atoms with E-state index in [0.29, 0.717) is 0 Å². The molecule has 0 spiro atoms. The number of hydrogen-bond acceptors (Lipinski definition) is 3. The van der Waals surface area contributed by atoms with Crippen LogP contribution in [0, 0.1) is 0 Å². The summed E-state index contributed by atoms with van der Waals surface area (Å²) < 4.78 is 7.27. The van der Waals surface area contributed by atoms with Crippen LogP contribution in [0.25, 0.3) is 0 Å². The van der Waals surface area contributed by atoms with Gasteiger partial charge in [0.05, 0.1) is 11.2 Å². The predicted octanol–water partition coefficient (Wildman–Crippen LogP) is 1.26. The van der Waals surface area contributed by atoms with Crippen LogP contribution in [-0.2, 0) is 11.7 Å². The van der Waals surface area contributed by atoms with Crippen molar-refractivity contribution in [1.82, 2.24) is 9.78 Å². The Morgan fingerprint density at radius 3 is 2.18 bits per heavy atom. The van der Waals surface area contributed by atoms with E-state index < -0.39 is 11.2 Å². The summed E-state index contributed by atoms with van der Waals surface area (Å²) in [6.45, 7) is 11.1. The van der Waals surface area contributed by atoms with Gasteiger partial charge in [0.1, 0.15) is 0 Å². The number of hydrogen-bond donors (Lipinski definition) is 1. The third kappa shape index (κ3) is 4.92. The molecule has 17 heavy (non-hydrogen) atoms. The monoisotopic (exact) mass is 239 g/mol. The second-order valence-electron chi connectivity index (χ2n) is 4.75. The highest BCUT2D eigenvalue weighted by molar-refractivity contribution is 6.46. The van der Waals surface area contributed by atoms with E-state index in [4.69, 9.17) is 4.65 Å². The van der Waals surface area contributed by atoms with Gasteiger partial charge in [-0.15, -0.1) is 0 Å². The Morgan fingerprint density at radius 1 is 1.29 bits per heavy atom. The van der Waals surface area contributed by atoms with Gasteiger partial charge in [-0.05, 0) is 33.2 Å². The Hall–Kier alpha value is -0.805. The average molecular weight is 239 g/mol. The van der Waals surface area contributed by atoms with Gasteiger partial charge < -0.3 is 9.76 Å². The first kappa shape index (κ1) is 16.2. The lowest BCUT2D eigenvalue weighted by molar-refractivity contribution is -0.0893. The van der Waals surface area contributed by atoms with E-state index in [1.165, 1.54) is 0 Å². The summed E-state index contributed by atoms with van der Waals surface area (Å²) in [5, 5.41) is 13.9. The van der Waals surface area contributed by atoms with Gasteiger partial charge in [-0.2, -0.15) is 5.10 Å². The number of rotatable bonds is 4. The van der Waals surface area contributed by atoms with Crippen molar-refractivity contribution in [1.29, 1.82) is 0 Å². The van der Waals surface area contributed by atoms with Crippen LogP contribution < -0.4 is 5.46 Å². The lowest BCUT2D eigenvalue weighted by Gasteiger charge is -2.37. The molecule has 0 aliphatic carbocycles. The van der Waals surface area contributed by atoms with E-state index in [1.54, 1.807) is 32.2 Å². The highest BCUT2D eigenvalue weighted by Crippen LogP contribution is 2.24. The Balaban J connectivity index is 0.00000121. The summed E-state index contributed by atoms with van der Waals surface area (Å²) in [6.07, 6.45) is 3.56. The summed E-state index contributed by atoms with van der Waals surface area (Å²) in [6, 6.07) is 0. The molecule has 5 heteroatoms. The Kier molecular flexibility index (Phi) is 5.92. The first-order valence-electron chi connectivity index (χ1n) is 5.94. The Morgan fingerprint density at radius 2 is 1.82 bits per heavy atom. The molecule has 0 unspecified atom stereocenters. The van der Waals surface area contributed by atoms with Gasteiger partial charge in [0.15, 0.2) is 0 Å². The first-order valence-corrected chi connectivity index (χ1v) is 5.94. The fraction of sp³-hybridized carbons (Fsp3) is 0.750. The largest absolute Gasteiger partial charge is 0.427 e. The maximum Gasteiger partial charge on any atom is 0.334 e. The molecule has 0 saturated heterocycles. The van der Waals surface area contributed by atoms with E-state index in [2.05, 4.69) is 5.10 Å². The van der Waals surface area contributed by atoms with Crippen molar-refractivity contribution in [3.8, 4) is 0 Å². The lowest BCUT2D eigenvalue weighted by atomic mass is 9.84. The van der Waals surface area contributed by atoms with Gasteiger partial charge in [-0.3, -0.25) is 4.68 Å². The van der Waals surface area contributed by atoms with Crippen LogP contribution >= 0.6 is 0 Å². The average Bonchev–Trinajstić information content (AvgIpc) is 2.63. The third-order valence-corrected chi connectivity index (χ3v) is 2.69. The molecule has 1 rings (SSSR count). The molecule has 0 saturated carbocycles. The highest BCUT2D eigenvalue weighted by atomic mass is 16.5. The molecular weight excluding hydrogens is 215 g/mol. The van der Waals surface area contributed by atoms with Crippen molar-refractivity contribution in [2.75, 3.05) is 0 Å². The standard InChI is InChI=1S/C10H18BN2O2.C2H6/c1-9(2,14)10(3,4)15-11-8-6-12-13(5)7-8;1-2/h6-7,14H,1-5H3;1-2H3. The molecule has 1 aromatic heterocycles. The normalized spacial score (nSPS) is 11.8. The summed E-state index contributed by atoms with van der Waals surface area (Å²) >= 11 is 0. The van der Waals surface area contributed by atoms with E-state index in [1.807, 2.05) is 40.9 Å². The van der Waals surface area contributed by atoms with Gasteiger partial charge in [0.25, 0.3) is 0 Å². The maximum atomic E-state index is 9.86. The van der Waals surface area contributed by atoms with Crippen LogP contribution in [0.15, 0.2) is 12.4 Å². The van der Waals surface area contributed by atoms with Crippen molar-refractivity contribution >= 4 is 12.9 Å². The number of aliphatic hydroxyl groups is 1. The molecule has 1 N–H and O–H groups in total. The fourth-order valence-corrected chi connectivity index (χ4v) is 0.861. The van der Waals surface area contributed by atoms with E-state index >= 15 is 0 Å². The smallest absolute Gasteiger partial charge is 0.334 e. The van der Waals surface area contributed by atoms with Crippen molar-refractivity contribution < 1.29 is 9.76 Å². The second-order valence-corrected chi connectivity index (χ2v) is 4.75. The van der Waals surface area contributed by atoms with Gasteiger partial charge in [-0.1, -0.05) is 13.8 Å². The molecule has 97 valence electrons. The zero-order valence-electron chi connectivity index (χ0n) is 12.0. The van der Waals surface area contributed by atoms with E-state index in [0.717, 1.165) is 5.46 Å². The van der Waals surface area contributed by atoms with Crippen LogP contribution in [0.4, 0.5) is 0 Å². The van der Waals surface area contributed by atoms with E-state index in [-0.39, 0.29) is 0 Å². The summed E-state index contributed by atoms with van der Waals surface area (Å²) in [7, 11) is 3.46. The van der Waals surface area contributed by atoms with Gasteiger partial charge in [-0.25, -0.2) is 0 Å². The Bertz CT molecular complexity index is 329. The summed E-state index contributed by atoms with van der Waals surface area (Å²) in [5.74, 6) is 0. The number of aryl methyl sites for hydroxylation is 1. The van der Waals surface area contributed by atoms with Crippen molar-refractivity contribution in [2.24, 2.45) is 7.05 Å². The lowest BCUT2D eigenvalue weighted by Crippen LogP contribution is -2.49. The van der Waals surface area contributed by atoms with Crippen LogP contribution in [0.3, 0.4) is 0 Å². The minimum atomic E-state index is -0.897. The summed E-state index contributed by atoms with van der Waals surface area (Å²) in [4.78, 5) is 0. The van der Waals surface area contributed by atoms with Crippen LogP contribution in [0.1, 0.15) is 41.5 Å². The summed E-state index contributed by atoms with van der Waals surface area (Å²) in [5.41, 5.74) is -0.649. The highest BCUT2D eigenvalue weighted by Gasteiger charge is 2.35. The molecule has 0 aromatic carbocycles. The molecule has 0 atom stereocenters. The molecule has 0 aliphatic heterocycles. The topological polar surface area (TPSA) is 47.3 Å². The van der Waals surface area contributed by atoms with Crippen molar-refractivity contribution in [3.05, 3.63) is 12.4 Å². The van der Waals surface area contributed by atoms with Crippen LogP contribution in [0.2, 0.25) is 0 Å². The second kappa shape index (κ2) is 6.22. The minimum absolute atomic E-state index is 0.636. The molecular formula is C12H24BN2O2. The van der Waals surface area contributed by atoms with E-state index in [9.17, 15) is 5.11 Å². The quantitative estimate of drug-likeness (QED) is 0.804.